The summed E-state index contributed by atoms with van der Waals surface area (Å²) in [5.74, 6) is 0. The summed E-state index contributed by atoms with van der Waals surface area (Å²) < 4.78 is 0.871. The molecule has 4 heteroatoms. The van der Waals surface area contributed by atoms with Gasteiger partial charge < -0.3 is 0 Å². The van der Waals surface area contributed by atoms with Gasteiger partial charge in [-0.2, -0.15) is 0 Å². The van der Waals surface area contributed by atoms with Gasteiger partial charge in [-0.1, -0.05) is 60.7 Å². The molecule has 0 spiro atoms. The molecule has 3 aromatic carbocycles. The molecule has 108 valence electrons. The van der Waals surface area contributed by atoms with Gasteiger partial charge in [-0.05, 0) is 45.9 Å². The quantitative estimate of drug-likeness (QED) is 0.329. The summed E-state index contributed by atoms with van der Waals surface area (Å²) in [5, 5.41) is 11.7. The highest BCUT2D eigenvalue weighted by Gasteiger charge is 2.24. The van der Waals surface area contributed by atoms with Gasteiger partial charge in [0.05, 0.1) is 16.1 Å². The zero-order valence-electron chi connectivity index (χ0n) is 11.6. The standard InChI is InChI=1S/C18H12INO2/c19-16-12-11-15(13-7-3-1-4-8-13)18(20(21)22)17(16)14-9-5-2-6-10-14/h1-12H. The average molecular weight is 401 g/mol. The van der Waals surface area contributed by atoms with Crippen molar-refractivity contribution in [2.24, 2.45) is 0 Å². The lowest BCUT2D eigenvalue weighted by Gasteiger charge is -2.10. The molecular weight excluding hydrogens is 389 g/mol. The number of benzene rings is 3. The fourth-order valence-corrected chi connectivity index (χ4v) is 3.23. The molecule has 3 aromatic rings. The number of halogens is 1. The minimum atomic E-state index is -0.285. The maximum atomic E-state index is 11.7. The molecule has 0 amide bonds. The van der Waals surface area contributed by atoms with E-state index < -0.39 is 0 Å². The molecular formula is C18H12INO2. The maximum Gasteiger partial charge on any atom is 0.286 e. The van der Waals surface area contributed by atoms with E-state index in [9.17, 15) is 10.1 Å². The van der Waals surface area contributed by atoms with E-state index in [1.54, 1.807) is 0 Å². The Kier molecular flexibility index (Phi) is 4.20. The molecule has 0 heterocycles. The third-order valence-electron chi connectivity index (χ3n) is 3.46. The van der Waals surface area contributed by atoms with E-state index in [0.29, 0.717) is 11.1 Å². The lowest BCUT2D eigenvalue weighted by Crippen LogP contribution is -1.98. The summed E-state index contributed by atoms with van der Waals surface area (Å²) in [5.41, 5.74) is 3.18. The summed E-state index contributed by atoms with van der Waals surface area (Å²) in [6.07, 6.45) is 0. The fourth-order valence-electron chi connectivity index (χ4n) is 2.49. The van der Waals surface area contributed by atoms with E-state index in [2.05, 4.69) is 22.6 Å². The van der Waals surface area contributed by atoms with E-state index >= 15 is 0 Å². The molecule has 0 aromatic heterocycles. The van der Waals surface area contributed by atoms with Crippen molar-refractivity contribution in [2.45, 2.75) is 0 Å². The Morgan fingerprint density at radius 3 is 1.86 bits per heavy atom. The second-order valence-corrected chi connectivity index (χ2v) is 5.97. The van der Waals surface area contributed by atoms with Gasteiger partial charge in [0.1, 0.15) is 0 Å². The van der Waals surface area contributed by atoms with E-state index in [-0.39, 0.29) is 10.6 Å². The van der Waals surface area contributed by atoms with Gasteiger partial charge in [-0.25, -0.2) is 0 Å². The topological polar surface area (TPSA) is 43.1 Å². The van der Waals surface area contributed by atoms with E-state index in [1.165, 1.54) is 0 Å². The van der Waals surface area contributed by atoms with Crippen molar-refractivity contribution >= 4 is 28.3 Å². The third kappa shape index (κ3) is 2.74. The largest absolute Gasteiger partial charge is 0.286 e. The molecule has 0 atom stereocenters. The maximum absolute atomic E-state index is 11.7. The molecule has 0 saturated heterocycles. The minimum Gasteiger partial charge on any atom is -0.258 e. The van der Waals surface area contributed by atoms with Crippen LogP contribution in [0.25, 0.3) is 22.3 Å². The van der Waals surface area contributed by atoms with Crippen LogP contribution in [-0.4, -0.2) is 4.92 Å². The highest BCUT2D eigenvalue weighted by atomic mass is 127. The minimum absolute atomic E-state index is 0.157. The summed E-state index contributed by atoms with van der Waals surface area (Å²) in [7, 11) is 0. The lowest BCUT2D eigenvalue weighted by molar-refractivity contribution is -0.383. The summed E-state index contributed by atoms with van der Waals surface area (Å²) in [6, 6.07) is 22.7. The van der Waals surface area contributed by atoms with Crippen molar-refractivity contribution in [3.63, 3.8) is 0 Å². The van der Waals surface area contributed by atoms with Crippen LogP contribution < -0.4 is 0 Å². The van der Waals surface area contributed by atoms with E-state index in [0.717, 1.165) is 14.7 Å². The molecule has 0 radical (unpaired) electrons. The monoisotopic (exact) mass is 401 g/mol. The normalized spacial score (nSPS) is 10.4. The van der Waals surface area contributed by atoms with Crippen LogP contribution in [-0.2, 0) is 0 Å². The van der Waals surface area contributed by atoms with Crippen LogP contribution in [0.5, 0.6) is 0 Å². The highest BCUT2D eigenvalue weighted by molar-refractivity contribution is 14.1. The second-order valence-electron chi connectivity index (χ2n) is 4.81. The van der Waals surface area contributed by atoms with Gasteiger partial charge in [0, 0.05) is 3.57 Å². The number of hydrogen-bond donors (Lipinski definition) is 0. The zero-order valence-corrected chi connectivity index (χ0v) is 13.7. The molecule has 0 bridgehead atoms. The first-order valence-electron chi connectivity index (χ1n) is 6.76. The van der Waals surface area contributed by atoms with Crippen molar-refractivity contribution in [2.75, 3.05) is 0 Å². The highest BCUT2D eigenvalue weighted by Crippen LogP contribution is 2.41. The Labute approximate surface area is 141 Å². The Morgan fingerprint density at radius 2 is 1.32 bits per heavy atom. The van der Waals surface area contributed by atoms with Gasteiger partial charge in [0.15, 0.2) is 0 Å². The van der Waals surface area contributed by atoms with Crippen LogP contribution in [0.15, 0.2) is 72.8 Å². The Morgan fingerprint density at radius 1 is 0.773 bits per heavy atom. The predicted molar refractivity (Wildman–Crippen MR) is 96.7 cm³/mol. The molecule has 0 unspecified atom stereocenters. The smallest absolute Gasteiger partial charge is 0.258 e. The lowest BCUT2D eigenvalue weighted by atomic mass is 9.96. The van der Waals surface area contributed by atoms with Crippen molar-refractivity contribution in [1.29, 1.82) is 0 Å². The van der Waals surface area contributed by atoms with Crippen LogP contribution in [0, 0.1) is 13.7 Å². The van der Waals surface area contributed by atoms with E-state index in [4.69, 9.17) is 0 Å². The molecule has 3 nitrogen and oxygen atoms in total. The van der Waals surface area contributed by atoms with Gasteiger partial charge in [-0.15, -0.1) is 0 Å². The van der Waals surface area contributed by atoms with Crippen LogP contribution in [0.4, 0.5) is 5.69 Å². The zero-order chi connectivity index (χ0) is 15.5. The number of nitro groups is 1. The predicted octanol–water partition coefficient (Wildman–Crippen LogP) is 5.53. The van der Waals surface area contributed by atoms with Crippen LogP contribution in [0.2, 0.25) is 0 Å². The second kappa shape index (κ2) is 6.27. The first kappa shape index (κ1) is 14.7. The van der Waals surface area contributed by atoms with Gasteiger partial charge in [-0.3, -0.25) is 10.1 Å². The Balaban J connectivity index is 2.33. The Bertz CT molecular complexity index is 817. The first-order valence-corrected chi connectivity index (χ1v) is 7.84. The molecule has 3 rings (SSSR count). The Hall–Kier alpha value is -2.21. The van der Waals surface area contributed by atoms with Gasteiger partial charge in [0.25, 0.3) is 5.69 Å². The molecule has 0 aliphatic heterocycles. The van der Waals surface area contributed by atoms with Crippen LogP contribution >= 0.6 is 22.6 Å². The molecule has 22 heavy (non-hydrogen) atoms. The average Bonchev–Trinajstić information content (AvgIpc) is 2.56. The van der Waals surface area contributed by atoms with Gasteiger partial charge in [0.2, 0.25) is 0 Å². The number of rotatable bonds is 3. The van der Waals surface area contributed by atoms with Crippen molar-refractivity contribution in [1.82, 2.24) is 0 Å². The molecule has 0 saturated carbocycles. The summed E-state index contributed by atoms with van der Waals surface area (Å²) in [6.45, 7) is 0. The first-order chi connectivity index (χ1) is 10.7. The summed E-state index contributed by atoms with van der Waals surface area (Å²) in [4.78, 5) is 11.5. The molecule has 0 N–H and O–H groups in total. The van der Waals surface area contributed by atoms with Crippen LogP contribution in [0.1, 0.15) is 0 Å². The summed E-state index contributed by atoms with van der Waals surface area (Å²) >= 11 is 2.15. The number of nitrogens with zero attached hydrogens (tertiary/aromatic N) is 1. The molecule has 0 fully saturated rings. The molecule has 0 aliphatic rings. The van der Waals surface area contributed by atoms with Crippen LogP contribution in [0.3, 0.4) is 0 Å². The SMILES string of the molecule is O=[N+]([O-])c1c(-c2ccccc2)ccc(I)c1-c1ccccc1. The van der Waals surface area contributed by atoms with Crippen molar-refractivity contribution < 1.29 is 4.92 Å². The number of hydrogen-bond acceptors (Lipinski definition) is 2. The van der Waals surface area contributed by atoms with Crippen molar-refractivity contribution in [3.05, 3.63) is 86.5 Å². The van der Waals surface area contributed by atoms with Crippen molar-refractivity contribution in [3.8, 4) is 22.3 Å². The third-order valence-corrected chi connectivity index (χ3v) is 4.36. The fraction of sp³-hybridized carbons (Fsp3) is 0. The number of nitro benzene ring substituents is 1. The molecule has 0 aliphatic carbocycles. The van der Waals surface area contributed by atoms with Gasteiger partial charge >= 0.3 is 0 Å². The van der Waals surface area contributed by atoms with E-state index in [1.807, 2.05) is 72.8 Å².